The van der Waals surface area contributed by atoms with Gasteiger partial charge < -0.3 is 14.2 Å². The third kappa shape index (κ3) is 4.26. The van der Waals surface area contributed by atoms with Crippen molar-refractivity contribution in [2.45, 2.75) is 12.8 Å². The first kappa shape index (κ1) is 15.4. The maximum absolute atomic E-state index is 5.86. The third-order valence-corrected chi connectivity index (χ3v) is 3.12. The van der Waals surface area contributed by atoms with Crippen LogP contribution in [0.3, 0.4) is 0 Å². The van der Waals surface area contributed by atoms with Gasteiger partial charge in [0, 0.05) is 5.69 Å². The van der Waals surface area contributed by atoms with Gasteiger partial charge in [0.1, 0.15) is 19.0 Å². The fourth-order valence-electron chi connectivity index (χ4n) is 1.87. The first-order valence-corrected chi connectivity index (χ1v) is 7.19. The SMILES string of the molecule is COc1ccccc1OCCOc1ccc(C)nc1CCl. The summed E-state index contributed by atoms with van der Waals surface area (Å²) in [6, 6.07) is 11.3. The zero-order chi connectivity index (χ0) is 15.1. The lowest BCUT2D eigenvalue weighted by atomic mass is 10.3. The molecule has 0 radical (unpaired) electrons. The average Bonchev–Trinajstić information content (AvgIpc) is 2.52. The molecule has 0 spiro atoms. The highest BCUT2D eigenvalue weighted by molar-refractivity contribution is 6.17. The Labute approximate surface area is 129 Å². The van der Waals surface area contributed by atoms with Gasteiger partial charge >= 0.3 is 0 Å². The first-order chi connectivity index (χ1) is 10.2. The number of alkyl halides is 1. The summed E-state index contributed by atoms with van der Waals surface area (Å²) in [7, 11) is 1.61. The molecule has 1 aromatic carbocycles. The number of hydrogen-bond donors (Lipinski definition) is 0. The van der Waals surface area contributed by atoms with E-state index in [0.717, 1.165) is 11.4 Å². The Balaban J connectivity index is 1.87. The smallest absolute Gasteiger partial charge is 0.161 e. The van der Waals surface area contributed by atoms with Crippen molar-refractivity contribution in [1.82, 2.24) is 4.98 Å². The summed E-state index contributed by atoms with van der Waals surface area (Å²) in [5.74, 6) is 2.42. The van der Waals surface area contributed by atoms with E-state index in [1.54, 1.807) is 7.11 Å². The van der Waals surface area contributed by atoms with Crippen molar-refractivity contribution in [2.75, 3.05) is 20.3 Å². The van der Waals surface area contributed by atoms with Crippen LogP contribution in [0.4, 0.5) is 0 Å². The standard InChI is InChI=1S/C16H18ClNO3/c1-12-7-8-14(13(11-17)18-12)20-9-10-21-16-6-4-3-5-15(16)19-2/h3-8H,9-11H2,1-2H3. The zero-order valence-corrected chi connectivity index (χ0v) is 12.9. The number of methoxy groups -OCH3 is 1. The van der Waals surface area contributed by atoms with E-state index >= 15 is 0 Å². The number of pyridine rings is 1. The number of hydrogen-bond acceptors (Lipinski definition) is 4. The van der Waals surface area contributed by atoms with Crippen molar-refractivity contribution in [1.29, 1.82) is 0 Å². The number of aromatic nitrogens is 1. The Hall–Kier alpha value is -1.94. The number of rotatable bonds is 7. The minimum absolute atomic E-state index is 0.324. The van der Waals surface area contributed by atoms with Crippen LogP contribution < -0.4 is 14.2 Å². The average molecular weight is 308 g/mol. The normalized spacial score (nSPS) is 10.2. The lowest BCUT2D eigenvalue weighted by molar-refractivity contribution is 0.210. The fourth-order valence-corrected chi connectivity index (χ4v) is 2.06. The largest absolute Gasteiger partial charge is 0.493 e. The van der Waals surface area contributed by atoms with Crippen LogP contribution in [0.25, 0.3) is 0 Å². The van der Waals surface area contributed by atoms with Crippen molar-refractivity contribution in [3.05, 3.63) is 47.8 Å². The van der Waals surface area contributed by atoms with Gasteiger partial charge in [0.05, 0.1) is 18.7 Å². The Kier molecular flexibility index (Phi) is 5.69. The predicted molar refractivity (Wildman–Crippen MR) is 82.5 cm³/mol. The number of para-hydroxylation sites is 2. The molecular formula is C16H18ClNO3. The highest BCUT2D eigenvalue weighted by Gasteiger charge is 2.06. The summed E-state index contributed by atoms with van der Waals surface area (Å²) in [6.45, 7) is 2.74. The van der Waals surface area contributed by atoms with E-state index in [4.69, 9.17) is 25.8 Å². The Morgan fingerprint density at radius 2 is 1.62 bits per heavy atom. The van der Waals surface area contributed by atoms with E-state index in [-0.39, 0.29) is 0 Å². The lowest BCUT2D eigenvalue weighted by Gasteiger charge is -2.12. The number of halogens is 1. The summed E-state index contributed by atoms with van der Waals surface area (Å²) < 4.78 is 16.5. The summed E-state index contributed by atoms with van der Waals surface area (Å²) >= 11 is 5.86. The monoisotopic (exact) mass is 307 g/mol. The maximum Gasteiger partial charge on any atom is 0.161 e. The first-order valence-electron chi connectivity index (χ1n) is 6.65. The van der Waals surface area contributed by atoms with Crippen LogP contribution in [-0.4, -0.2) is 25.3 Å². The van der Waals surface area contributed by atoms with Crippen molar-refractivity contribution < 1.29 is 14.2 Å². The number of nitrogens with zero attached hydrogens (tertiary/aromatic N) is 1. The molecule has 0 saturated carbocycles. The molecule has 2 aromatic rings. The molecule has 0 aliphatic rings. The second-order valence-electron chi connectivity index (χ2n) is 4.38. The van der Waals surface area contributed by atoms with Gasteiger partial charge in [-0.1, -0.05) is 12.1 Å². The third-order valence-electron chi connectivity index (χ3n) is 2.87. The van der Waals surface area contributed by atoms with Gasteiger partial charge in [-0.25, -0.2) is 0 Å². The molecule has 112 valence electrons. The predicted octanol–water partition coefficient (Wildman–Crippen LogP) is 3.60. The molecule has 0 aliphatic heterocycles. The molecular weight excluding hydrogens is 290 g/mol. The molecule has 0 aliphatic carbocycles. The number of benzene rings is 1. The maximum atomic E-state index is 5.86. The molecule has 5 heteroatoms. The second-order valence-corrected chi connectivity index (χ2v) is 4.65. The molecule has 0 saturated heterocycles. The molecule has 0 fully saturated rings. The van der Waals surface area contributed by atoms with Crippen molar-refractivity contribution in [3.8, 4) is 17.2 Å². The van der Waals surface area contributed by atoms with Crippen molar-refractivity contribution in [2.24, 2.45) is 0 Å². The zero-order valence-electron chi connectivity index (χ0n) is 12.1. The summed E-state index contributed by atoms with van der Waals surface area (Å²) in [4.78, 5) is 4.34. The summed E-state index contributed by atoms with van der Waals surface area (Å²) in [6.07, 6.45) is 0. The Bertz CT molecular complexity index is 589. The molecule has 0 amide bonds. The van der Waals surface area contributed by atoms with E-state index in [1.165, 1.54) is 0 Å². The highest BCUT2D eigenvalue weighted by Crippen LogP contribution is 2.25. The second kappa shape index (κ2) is 7.74. The molecule has 0 N–H and O–H groups in total. The van der Waals surface area contributed by atoms with Gasteiger partial charge in [-0.05, 0) is 31.2 Å². The lowest BCUT2D eigenvalue weighted by Crippen LogP contribution is -2.11. The van der Waals surface area contributed by atoms with Gasteiger partial charge in [0.25, 0.3) is 0 Å². The fraction of sp³-hybridized carbons (Fsp3) is 0.312. The highest BCUT2D eigenvalue weighted by atomic mass is 35.5. The van der Waals surface area contributed by atoms with Crippen LogP contribution >= 0.6 is 11.6 Å². The van der Waals surface area contributed by atoms with Crippen molar-refractivity contribution in [3.63, 3.8) is 0 Å². The molecule has 1 heterocycles. The van der Waals surface area contributed by atoms with Crippen LogP contribution in [0, 0.1) is 6.92 Å². The van der Waals surface area contributed by atoms with E-state index in [9.17, 15) is 0 Å². The van der Waals surface area contributed by atoms with Gasteiger partial charge in [0.15, 0.2) is 11.5 Å². The van der Waals surface area contributed by atoms with Gasteiger partial charge in [0.2, 0.25) is 0 Å². The molecule has 0 bridgehead atoms. The molecule has 2 rings (SSSR count). The minimum atomic E-state index is 0.324. The van der Waals surface area contributed by atoms with E-state index in [0.29, 0.717) is 36.3 Å². The Morgan fingerprint density at radius 3 is 2.29 bits per heavy atom. The van der Waals surface area contributed by atoms with Gasteiger partial charge in [-0.3, -0.25) is 4.98 Å². The quantitative estimate of drug-likeness (QED) is 0.579. The molecule has 21 heavy (non-hydrogen) atoms. The van der Waals surface area contributed by atoms with Crippen LogP contribution in [0.2, 0.25) is 0 Å². The number of aryl methyl sites for hydroxylation is 1. The van der Waals surface area contributed by atoms with E-state index < -0.39 is 0 Å². The van der Waals surface area contributed by atoms with E-state index in [1.807, 2.05) is 43.3 Å². The van der Waals surface area contributed by atoms with Crippen LogP contribution in [0.5, 0.6) is 17.2 Å². The van der Waals surface area contributed by atoms with Crippen LogP contribution in [0.1, 0.15) is 11.4 Å². The van der Waals surface area contributed by atoms with Gasteiger partial charge in [-0.15, -0.1) is 11.6 Å². The molecule has 4 nitrogen and oxygen atoms in total. The minimum Gasteiger partial charge on any atom is -0.493 e. The Morgan fingerprint density at radius 1 is 0.952 bits per heavy atom. The van der Waals surface area contributed by atoms with Crippen LogP contribution in [0.15, 0.2) is 36.4 Å². The molecule has 1 aromatic heterocycles. The van der Waals surface area contributed by atoms with Gasteiger partial charge in [-0.2, -0.15) is 0 Å². The topological polar surface area (TPSA) is 40.6 Å². The van der Waals surface area contributed by atoms with Crippen LogP contribution in [-0.2, 0) is 5.88 Å². The molecule has 0 atom stereocenters. The van der Waals surface area contributed by atoms with E-state index in [2.05, 4.69) is 4.98 Å². The number of ether oxygens (including phenoxy) is 3. The molecule has 0 unspecified atom stereocenters. The van der Waals surface area contributed by atoms with Crippen molar-refractivity contribution >= 4 is 11.6 Å². The summed E-state index contributed by atoms with van der Waals surface area (Å²) in [5, 5.41) is 0. The summed E-state index contributed by atoms with van der Waals surface area (Å²) in [5.41, 5.74) is 1.66.